The summed E-state index contributed by atoms with van der Waals surface area (Å²) in [6.45, 7) is 6.37. The van der Waals surface area contributed by atoms with Gasteiger partial charge in [0.25, 0.3) is 0 Å². The lowest BCUT2D eigenvalue weighted by Crippen LogP contribution is -2.29. The number of hydrogen-bond donors (Lipinski definition) is 1. The average Bonchev–Trinajstić information content (AvgIpc) is 3.10. The highest BCUT2D eigenvalue weighted by Gasteiger charge is 2.12. The Bertz CT molecular complexity index is 693. The van der Waals surface area contributed by atoms with Crippen LogP contribution in [0.1, 0.15) is 42.5 Å². The lowest BCUT2D eigenvalue weighted by atomic mass is 10.1. The van der Waals surface area contributed by atoms with Gasteiger partial charge < -0.3 is 10.1 Å². The molecule has 1 amide bonds. The molecule has 6 heteroatoms. The Hall–Kier alpha value is -1.92. The van der Waals surface area contributed by atoms with Crippen LogP contribution >= 0.6 is 11.3 Å². The van der Waals surface area contributed by atoms with Crippen molar-refractivity contribution in [2.75, 3.05) is 19.7 Å². The molecule has 1 aliphatic rings. The molecular formula is C20H27N3O2S. The zero-order valence-corrected chi connectivity index (χ0v) is 16.2. The predicted octanol–water partition coefficient (Wildman–Crippen LogP) is 3.39. The molecule has 0 saturated carbocycles. The molecule has 0 bridgehead atoms. The summed E-state index contributed by atoms with van der Waals surface area (Å²) < 4.78 is 5.42. The van der Waals surface area contributed by atoms with Gasteiger partial charge in [-0.3, -0.25) is 9.69 Å². The first-order valence-electron chi connectivity index (χ1n) is 9.37. The summed E-state index contributed by atoms with van der Waals surface area (Å²) in [6.07, 6.45) is 4.30. The van der Waals surface area contributed by atoms with Gasteiger partial charge in [0, 0.05) is 11.9 Å². The number of aromatic nitrogens is 1. The highest BCUT2D eigenvalue weighted by Crippen LogP contribution is 2.16. The van der Waals surface area contributed by atoms with Gasteiger partial charge in [-0.05, 0) is 50.6 Å². The molecule has 2 aromatic rings. The van der Waals surface area contributed by atoms with Crippen LogP contribution in [0, 0.1) is 0 Å². The number of piperidine rings is 1. The molecule has 3 rings (SSSR count). The van der Waals surface area contributed by atoms with Crippen molar-refractivity contribution < 1.29 is 9.53 Å². The molecule has 1 saturated heterocycles. The number of carbonyl (C=O) groups is 1. The molecule has 1 aromatic heterocycles. The van der Waals surface area contributed by atoms with Crippen molar-refractivity contribution in [1.29, 1.82) is 0 Å². The molecule has 5 nitrogen and oxygen atoms in total. The van der Waals surface area contributed by atoms with Gasteiger partial charge in [0.05, 0.1) is 25.3 Å². The monoisotopic (exact) mass is 373 g/mol. The van der Waals surface area contributed by atoms with Gasteiger partial charge in [0.1, 0.15) is 10.8 Å². The second-order valence-electron chi connectivity index (χ2n) is 6.60. The summed E-state index contributed by atoms with van der Waals surface area (Å²) in [5.74, 6) is 0.850. The summed E-state index contributed by atoms with van der Waals surface area (Å²) in [5, 5.41) is 6.05. The van der Waals surface area contributed by atoms with Crippen LogP contribution in [0.5, 0.6) is 5.75 Å². The fourth-order valence-electron chi connectivity index (χ4n) is 3.14. The third-order valence-electron chi connectivity index (χ3n) is 4.47. The standard InChI is InChI=1S/C20H27N3O2S/c1-2-25-18-8-6-16(7-9-18)12-19(24)21-13-20-22-17(15-26-20)14-23-10-4-3-5-11-23/h6-9,15H,2-5,10-14H2,1H3,(H,21,24). The van der Waals surface area contributed by atoms with Crippen molar-refractivity contribution >= 4 is 17.2 Å². The molecule has 2 heterocycles. The lowest BCUT2D eigenvalue weighted by Gasteiger charge is -2.25. The van der Waals surface area contributed by atoms with E-state index in [4.69, 9.17) is 4.74 Å². The Morgan fingerprint density at radius 2 is 2.00 bits per heavy atom. The molecule has 0 radical (unpaired) electrons. The highest BCUT2D eigenvalue weighted by atomic mass is 32.1. The molecule has 140 valence electrons. The zero-order chi connectivity index (χ0) is 18.2. The predicted molar refractivity (Wildman–Crippen MR) is 104 cm³/mol. The third kappa shape index (κ3) is 5.81. The minimum Gasteiger partial charge on any atom is -0.494 e. The maximum Gasteiger partial charge on any atom is 0.224 e. The van der Waals surface area contributed by atoms with E-state index in [0.29, 0.717) is 19.6 Å². The van der Waals surface area contributed by atoms with E-state index >= 15 is 0 Å². The smallest absolute Gasteiger partial charge is 0.224 e. The molecule has 0 aliphatic carbocycles. The van der Waals surface area contributed by atoms with Crippen molar-refractivity contribution in [1.82, 2.24) is 15.2 Å². The van der Waals surface area contributed by atoms with Crippen LogP contribution in [0.15, 0.2) is 29.6 Å². The molecule has 1 fully saturated rings. The molecule has 26 heavy (non-hydrogen) atoms. The minimum atomic E-state index is 0.0157. The lowest BCUT2D eigenvalue weighted by molar-refractivity contribution is -0.120. The normalized spacial score (nSPS) is 15.0. The molecular weight excluding hydrogens is 346 g/mol. The van der Waals surface area contributed by atoms with Gasteiger partial charge >= 0.3 is 0 Å². The average molecular weight is 374 g/mol. The minimum absolute atomic E-state index is 0.0157. The van der Waals surface area contributed by atoms with Crippen molar-refractivity contribution in [3.05, 3.63) is 45.9 Å². The number of thiazole rings is 1. The van der Waals surface area contributed by atoms with Crippen LogP contribution in [-0.4, -0.2) is 35.5 Å². The van der Waals surface area contributed by atoms with Crippen LogP contribution in [0.3, 0.4) is 0 Å². The number of amides is 1. The van der Waals surface area contributed by atoms with Gasteiger partial charge in [-0.15, -0.1) is 11.3 Å². The van der Waals surface area contributed by atoms with Gasteiger partial charge in [0.15, 0.2) is 0 Å². The Kier molecular flexibility index (Phi) is 7.03. The Labute approximate surface area is 159 Å². The summed E-state index contributed by atoms with van der Waals surface area (Å²) >= 11 is 1.62. The van der Waals surface area contributed by atoms with Gasteiger partial charge in [0.2, 0.25) is 5.91 Å². The first-order chi connectivity index (χ1) is 12.7. The van der Waals surface area contributed by atoms with Crippen molar-refractivity contribution in [2.45, 2.75) is 45.7 Å². The maximum atomic E-state index is 12.1. The van der Waals surface area contributed by atoms with E-state index in [-0.39, 0.29) is 5.91 Å². The molecule has 1 N–H and O–H groups in total. The second-order valence-corrected chi connectivity index (χ2v) is 7.54. The first kappa shape index (κ1) is 18.9. The third-order valence-corrected chi connectivity index (χ3v) is 5.37. The summed E-state index contributed by atoms with van der Waals surface area (Å²) in [4.78, 5) is 19.3. The van der Waals surface area contributed by atoms with Crippen molar-refractivity contribution in [3.8, 4) is 5.75 Å². The number of rotatable bonds is 8. The molecule has 0 atom stereocenters. The van der Waals surface area contributed by atoms with Crippen molar-refractivity contribution in [2.24, 2.45) is 0 Å². The fraction of sp³-hybridized carbons (Fsp3) is 0.500. The van der Waals surface area contributed by atoms with Crippen molar-refractivity contribution in [3.63, 3.8) is 0 Å². The van der Waals surface area contributed by atoms with Crippen LogP contribution in [-0.2, 0) is 24.3 Å². The number of likely N-dealkylation sites (tertiary alicyclic amines) is 1. The quantitative estimate of drug-likeness (QED) is 0.771. The molecule has 1 aliphatic heterocycles. The largest absolute Gasteiger partial charge is 0.494 e. The second kappa shape index (κ2) is 9.69. The zero-order valence-electron chi connectivity index (χ0n) is 15.4. The maximum absolute atomic E-state index is 12.1. The van der Waals surface area contributed by atoms with Crippen LogP contribution in [0.4, 0.5) is 0 Å². The Balaban J connectivity index is 1.42. The van der Waals surface area contributed by atoms with E-state index in [1.54, 1.807) is 11.3 Å². The summed E-state index contributed by atoms with van der Waals surface area (Å²) in [7, 11) is 0. The van der Waals surface area contributed by atoms with E-state index in [9.17, 15) is 4.79 Å². The number of benzene rings is 1. The number of nitrogens with zero attached hydrogens (tertiary/aromatic N) is 2. The SMILES string of the molecule is CCOc1ccc(CC(=O)NCc2nc(CN3CCCCC3)cs2)cc1. The summed E-state index contributed by atoms with van der Waals surface area (Å²) in [5.41, 5.74) is 2.10. The van der Waals surface area contributed by atoms with Crippen LogP contribution in [0.25, 0.3) is 0 Å². The number of ether oxygens (including phenoxy) is 1. The van der Waals surface area contributed by atoms with Crippen LogP contribution in [0.2, 0.25) is 0 Å². The molecule has 0 spiro atoms. The molecule has 0 unspecified atom stereocenters. The topological polar surface area (TPSA) is 54.5 Å². The first-order valence-corrected chi connectivity index (χ1v) is 10.2. The number of carbonyl (C=O) groups excluding carboxylic acids is 1. The van der Waals surface area contributed by atoms with E-state index in [2.05, 4.69) is 20.6 Å². The van der Waals surface area contributed by atoms with Crippen LogP contribution < -0.4 is 10.1 Å². The van der Waals surface area contributed by atoms with E-state index < -0.39 is 0 Å². The number of hydrogen-bond acceptors (Lipinski definition) is 5. The van der Waals surface area contributed by atoms with Gasteiger partial charge in [-0.2, -0.15) is 0 Å². The Morgan fingerprint density at radius 3 is 2.73 bits per heavy atom. The van der Waals surface area contributed by atoms with E-state index in [0.717, 1.165) is 28.6 Å². The number of nitrogens with one attached hydrogen (secondary N) is 1. The Morgan fingerprint density at radius 1 is 1.23 bits per heavy atom. The molecule has 1 aromatic carbocycles. The van der Waals surface area contributed by atoms with E-state index in [1.807, 2.05) is 31.2 Å². The highest BCUT2D eigenvalue weighted by molar-refractivity contribution is 7.09. The van der Waals surface area contributed by atoms with E-state index in [1.165, 1.54) is 32.4 Å². The summed E-state index contributed by atoms with van der Waals surface area (Å²) in [6, 6.07) is 7.68. The van der Waals surface area contributed by atoms with Gasteiger partial charge in [-0.1, -0.05) is 18.6 Å². The fourth-order valence-corrected chi connectivity index (χ4v) is 3.87. The van der Waals surface area contributed by atoms with Gasteiger partial charge in [-0.25, -0.2) is 4.98 Å².